The summed E-state index contributed by atoms with van der Waals surface area (Å²) in [7, 11) is 1.87. The number of hydrogen-bond donors (Lipinski definition) is 1. The van der Waals surface area contributed by atoms with Crippen molar-refractivity contribution in [1.29, 1.82) is 0 Å². The Kier molecular flexibility index (Phi) is 3.82. The first-order valence-electron chi connectivity index (χ1n) is 8.69. The van der Waals surface area contributed by atoms with Gasteiger partial charge in [0, 0.05) is 43.9 Å². The van der Waals surface area contributed by atoms with E-state index < -0.39 is 0 Å². The van der Waals surface area contributed by atoms with Crippen LogP contribution in [0, 0.1) is 6.92 Å². The number of para-hydroxylation sites is 1. The second kappa shape index (κ2) is 6.02. The zero-order valence-corrected chi connectivity index (χ0v) is 14.5. The van der Waals surface area contributed by atoms with Gasteiger partial charge in [-0.1, -0.05) is 12.1 Å². The van der Waals surface area contributed by atoms with E-state index >= 15 is 0 Å². The maximum atomic E-state index is 12.2. The van der Waals surface area contributed by atoms with E-state index in [9.17, 15) is 9.90 Å². The summed E-state index contributed by atoms with van der Waals surface area (Å²) in [6.45, 7) is 2.66. The number of phenols is 1. The van der Waals surface area contributed by atoms with Gasteiger partial charge in [0.1, 0.15) is 11.6 Å². The number of benzene rings is 1. The second-order valence-corrected chi connectivity index (χ2v) is 6.98. The summed E-state index contributed by atoms with van der Waals surface area (Å²) >= 11 is 0. The van der Waals surface area contributed by atoms with Crippen LogP contribution in [-0.4, -0.2) is 51.6 Å². The van der Waals surface area contributed by atoms with E-state index in [2.05, 4.69) is 9.88 Å². The molecule has 0 radical (unpaired) electrons. The minimum atomic E-state index is 0.174. The molecule has 6 nitrogen and oxygen atoms in total. The number of hydrogen-bond acceptors (Lipinski definition) is 5. The summed E-state index contributed by atoms with van der Waals surface area (Å²) in [5.74, 6) is 1.74. The maximum Gasteiger partial charge on any atom is 0.224 e. The van der Waals surface area contributed by atoms with Crippen LogP contribution in [0.5, 0.6) is 5.75 Å². The van der Waals surface area contributed by atoms with Crippen LogP contribution >= 0.6 is 0 Å². The van der Waals surface area contributed by atoms with Crippen LogP contribution < -0.4 is 4.90 Å². The van der Waals surface area contributed by atoms with Crippen LogP contribution in [0.2, 0.25) is 0 Å². The van der Waals surface area contributed by atoms with Crippen molar-refractivity contribution in [3.8, 4) is 17.1 Å². The molecule has 0 unspecified atom stereocenters. The number of likely N-dealkylation sites (tertiary alicyclic amines) is 1. The Balaban J connectivity index is 1.76. The largest absolute Gasteiger partial charge is 0.507 e. The van der Waals surface area contributed by atoms with Crippen molar-refractivity contribution in [2.45, 2.75) is 38.3 Å². The minimum Gasteiger partial charge on any atom is -0.507 e. The molecular weight excluding hydrogens is 316 g/mol. The molecule has 2 fully saturated rings. The molecule has 0 aliphatic carbocycles. The van der Waals surface area contributed by atoms with Crippen LogP contribution in [0.3, 0.4) is 0 Å². The van der Waals surface area contributed by atoms with Gasteiger partial charge in [-0.2, -0.15) is 0 Å². The highest BCUT2D eigenvalue weighted by Gasteiger charge is 2.40. The minimum absolute atomic E-state index is 0.174. The fraction of sp³-hybridized carbons (Fsp3) is 0.421. The number of likely N-dealkylation sites (N-methyl/N-ethyl adjacent to an activating group) is 1. The lowest BCUT2D eigenvalue weighted by Gasteiger charge is -2.29. The molecule has 6 heteroatoms. The first-order valence-corrected chi connectivity index (χ1v) is 8.69. The number of anilines is 1. The van der Waals surface area contributed by atoms with E-state index in [-0.39, 0.29) is 23.7 Å². The molecule has 25 heavy (non-hydrogen) atoms. The number of aromatic nitrogens is 2. The van der Waals surface area contributed by atoms with E-state index in [1.54, 1.807) is 12.1 Å². The third-order valence-electron chi connectivity index (χ3n) is 5.19. The molecule has 130 valence electrons. The number of nitrogens with zero attached hydrogens (tertiary/aromatic N) is 4. The number of aromatic hydroxyl groups is 1. The summed E-state index contributed by atoms with van der Waals surface area (Å²) < 4.78 is 0. The first-order chi connectivity index (χ1) is 12.0. The van der Waals surface area contributed by atoms with Gasteiger partial charge in [0.15, 0.2) is 5.82 Å². The quantitative estimate of drug-likeness (QED) is 0.910. The molecule has 2 bridgehead atoms. The third-order valence-corrected chi connectivity index (χ3v) is 5.19. The van der Waals surface area contributed by atoms with Crippen LogP contribution in [0.1, 0.15) is 25.0 Å². The van der Waals surface area contributed by atoms with Gasteiger partial charge in [0.05, 0.1) is 5.56 Å². The van der Waals surface area contributed by atoms with Crippen molar-refractivity contribution >= 4 is 11.7 Å². The fourth-order valence-electron chi connectivity index (χ4n) is 3.96. The summed E-state index contributed by atoms with van der Waals surface area (Å²) in [5.41, 5.74) is 1.48. The molecule has 2 aromatic rings. The first kappa shape index (κ1) is 15.9. The van der Waals surface area contributed by atoms with Crippen LogP contribution in [0.15, 0.2) is 30.3 Å². The number of fused-ring (bicyclic) bond motifs is 2. The fourth-order valence-corrected chi connectivity index (χ4v) is 3.96. The summed E-state index contributed by atoms with van der Waals surface area (Å²) in [4.78, 5) is 25.6. The van der Waals surface area contributed by atoms with Gasteiger partial charge in [0.2, 0.25) is 5.91 Å². The Bertz CT molecular complexity index is 823. The van der Waals surface area contributed by atoms with Crippen LogP contribution in [0.25, 0.3) is 11.4 Å². The standard InChI is InChI=1S/C19H22N4O2/c1-12-9-17(21-19(20-12)15-5-3-4-6-16(15)24)23-13-7-8-14(23)11-22(2)18(25)10-13/h3-6,9,13-14,24H,7-8,10-11H2,1-2H3/t13-,14+/m1/s1. The highest BCUT2D eigenvalue weighted by atomic mass is 16.3. The van der Waals surface area contributed by atoms with Gasteiger partial charge in [0.25, 0.3) is 0 Å². The molecule has 1 aromatic carbocycles. The molecule has 1 N–H and O–H groups in total. The van der Waals surface area contributed by atoms with Crippen LogP contribution in [0.4, 0.5) is 5.82 Å². The highest BCUT2D eigenvalue weighted by molar-refractivity contribution is 5.78. The Morgan fingerprint density at radius 3 is 2.72 bits per heavy atom. The molecule has 1 aromatic heterocycles. The van der Waals surface area contributed by atoms with E-state index in [1.807, 2.05) is 37.1 Å². The second-order valence-electron chi connectivity index (χ2n) is 6.98. The number of amides is 1. The average Bonchev–Trinajstić information content (AvgIpc) is 2.91. The Morgan fingerprint density at radius 2 is 1.92 bits per heavy atom. The van der Waals surface area contributed by atoms with E-state index in [4.69, 9.17) is 4.98 Å². The number of phenolic OH excluding ortho intramolecular Hbond substituents is 1. The van der Waals surface area contributed by atoms with Gasteiger partial charge in [-0.05, 0) is 31.9 Å². The molecule has 0 saturated carbocycles. The maximum absolute atomic E-state index is 12.2. The molecular formula is C19H22N4O2. The molecule has 1 amide bonds. The Hall–Kier alpha value is -2.63. The van der Waals surface area contributed by atoms with E-state index in [1.165, 1.54) is 0 Å². The van der Waals surface area contributed by atoms with Gasteiger partial charge < -0.3 is 14.9 Å². The smallest absolute Gasteiger partial charge is 0.224 e. The molecule has 2 aliphatic rings. The number of rotatable bonds is 2. The third kappa shape index (κ3) is 2.81. The summed E-state index contributed by atoms with van der Waals surface area (Å²) in [6.07, 6.45) is 2.61. The van der Waals surface area contributed by atoms with Gasteiger partial charge >= 0.3 is 0 Å². The molecule has 2 aliphatic heterocycles. The van der Waals surface area contributed by atoms with Crippen LogP contribution in [-0.2, 0) is 4.79 Å². The van der Waals surface area contributed by atoms with E-state index in [0.717, 1.165) is 30.9 Å². The normalized spacial score (nSPS) is 23.0. The Morgan fingerprint density at radius 1 is 1.16 bits per heavy atom. The lowest BCUT2D eigenvalue weighted by atomic mass is 10.1. The number of aryl methyl sites for hydroxylation is 1. The lowest BCUT2D eigenvalue weighted by Crippen LogP contribution is -2.39. The van der Waals surface area contributed by atoms with E-state index in [0.29, 0.717) is 17.8 Å². The average molecular weight is 338 g/mol. The summed E-state index contributed by atoms with van der Waals surface area (Å²) in [5, 5.41) is 10.1. The molecule has 0 spiro atoms. The van der Waals surface area contributed by atoms with Crippen molar-refractivity contribution in [3.05, 3.63) is 36.0 Å². The van der Waals surface area contributed by atoms with Crippen molar-refractivity contribution in [2.75, 3.05) is 18.5 Å². The molecule has 2 saturated heterocycles. The van der Waals surface area contributed by atoms with Crippen molar-refractivity contribution < 1.29 is 9.90 Å². The molecule has 2 atom stereocenters. The topological polar surface area (TPSA) is 69.6 Å². The van der Waals surface area contributed by atoms with Crippen molar-refractivity contribution in [3.63, 3.8) is 0 Å². The van der Waals surface area contributed by atoms with Gasteiger partial charge in [-0.3, -0.25) is 4.79 Å². The zero-order chi connectivity index (χ0) is 17.6. The highest BCUT2D eigenvalue weighted by Crippen LogP contribution is 2.35. The SMILES string of the molecule is Cc1cc(N2[C@@H]3CC[C@H]2CN(C)C(=O)C3)nc(-c2ccccc2O)n1. The number of carbonyl (C=O) groups is 1. The zero-order valence-electron chi connectivity index (χ0n) is 14.5. The molecule has 4 rings (SSSR count). The number of carbonyl (C=O) groups excluding carboxylic acids is 1. The Labute approximate surface area is 147 Å². The lowest BCUT2D eigenvalue weighted by molar-refractivity contribution is -0.129. The van der Waals surface area contributed by atoms with Crippen molar-refractivity contribution in [2.24, 2.45) is 0 Å². The predicted molar refractivity (Wildman–Crippen MR) is 95.4 cm³/mol. The predicted octanol–water partition coefficient (Wildman–Crippen LogP) is 2.36. The van der Waals surface area contributed by atoms with Gasteiger partial charge in [-0.25, -0.2) is 9.97 Å². The monoisotopic (exact) mass is 338 g/mol. The molecule has 3 heterocycles. The van der Waals surface area contributed by atoms with Gasteiger partial charge in [-0.15, -0.1) is 0 Å². The van der Waals surface area contributed by atoms with Crippen molar-refractivity contribution in [1.82, 2.24) is 14.9 Å². The summed E-state index contributed by atoms with van der Waals surface area (Å²) in [6, 6.07) is 9.56.